The number of amides is 2. The van der Waals surface area contributed by atoms with Crippen molar-refractivity contribution in [3.63, 3.8) is 0 Å². The van der Waals surface area contributed by atoms with E-state index in [1.807, 2.05) is 0 Å². The highest BCUT2D eigenvalue weighted by atomic mass is 35.5. The normalized spacial score (nSPS) is 15.4. The van der Waals surface area contributed by atoms with Gasteiger partial charge in [-0.1, -0.05) is 60.1 Å². The first-order valence-corrected chi connectivity index (χ1v) is 15.4. The van der Waals surface area contributed by atoms with Crippen LogP contribution in [-0.4, -0.2) is 50.0 Å². The minimum atomic E-state index is -4.86. The molecule has 0 aromatic heterocycles. The lowest BCUT2D eigenvalue weighted by Crippen LogP contribution is -2.53. The molecule has 0 spiro atoms. The van der Waals surface area contributed by atoms with Crippen molar-refractivity contribution in [2.45, 2.75) is 63.8 Å². The van der Waals surface area contributed by atoms with Crippen LogP contribution in [0, 0.1) is 0 Å². The predicted octanol–water partition coefficient (Wildman–Crippen LogP) is 6.30. The molecule has 1 fully saturated rings. The number of sulfonamides is 1. The molecule has 3 rings (SSSR count). The standard InChI is InChI=1S/C26H29Cl3F3N3O4S/c1-16(25(37)33-19-6-4-3-5-7-19)34(14-17-8-9-18(27)12-23(17)29)24(36)15-35(40(2,38)39)20-10-11-22(28)21(13-20)26(30,31)32/h8-13,16,19H,3-7,14-15H2,1-2H3,(H,33,37)/t16-/m1/s1. The average molecular weight is 643 g/mol. The molecule has 0 heterocycles. The van der Waals surface area contributed by atoms with Crippen LogP contribution in [0.25, 0.3) is 0 Å². The molecule has 220 valence electrons. The quantitative estimate of drug-likeness (QED) is 0.348. The van der Waals surface area contributed by atoms with E-state index in [1.54, 1.807) is 12.1 Å². The van der Waals surface area contributed by atoms with Crippen LogP contribution in [0.4, 0.5) is 18.9 Å². The summed E-state index contributed by atoms with van der Waals surface area (Å²) in [6.45, 7) is 0.443. The van der Waals surface area contributed by atoms with Crippen molar-refractivity contribution in [1.82, 2.24) is 10.2 Å². The molecule has 0 aliphatic heterocycles. The minimum absolute atomic E-state index is 0.0536. The van der Waals surface area contributed by atoms with Gasteiger partial charge in [0.25, 0.3) is 0 Å². The van der Waals surface area contributed by atoms with Crippen LogP contribution in [0.1, 0.15) is 50.2 Å². The maximum atomic E-state index is 13.7. The molecular formula is C26H29Cl3F3N3O4S. The van der Waals surface area contributed by atoms with E-state index in [4.69, 9.17) is 34.8 Å². The Labute approximate surface area is 246 Å². The number of rotatable bonds is 9. The van der Waals surface area contributed by atoms with Gasteiger partial charge in [-0.2, -0.15) is 13.2 Å². The van der Waals surface area contributed by atoms with E-state index >= 15 is 0 Å². The number of carbonyl (C=O) groups excluding carboxylic acids is 2. The van der Waals surface area contributed by atoms with Crippen LogP contribution in [0.15, 0.2) is 36.4 Å². The smallest absolute Gasteiger partial charge is 0.352 e. The van der Waals surface area contributed by atoms with Gasteiger partial charge in [-0.05, 0) is 55.7 Å². The van der Waals surface area contributed by atoms with E-state index in [-0.39, 0.29) is 17.6 Å². The first kappa shape index (κ1) is 32.3. The van der Waals surface area contributed by atoms with Gasteiger partial charge in [0, 0.05) is 22.6 Å². The lowest BCUT2D eigenvalue weighted by molar-refractivity contribution is -0.139. The van der Waals surface area contributed by atoms with Gasteiger partial charge in [0.2, 0.25) is 21.8 Å². The SMILES string of the molecule is C[C@H](C(=O)NC1CCCCC1)N(Cc1ccc(Cl)cc1Cl)C(=O)CN(c1ccc(Cl)c(C(F)(F)F)c1)S(C)(=O)=O. The van der Waals surface area contributed by atoms with Gasteiger partial charge in [0.1, 0.15) is 12.6 Å². The van der Waals surface area contributed by atoms with Gasteiger partial charge < -0.3 is 10.2 Å². The number of carbonyl (C=O) groups is 2. The molecule has 40 heavy (non-hydrogen) atoms. The molecule has 2 aromatic carbocycles. The molecule has 1 saturated carbocycles. The Morgan fingerprint density at radius 1 is 1.02 bits per heavy atom. The molecule has 0 saturated heterocycles. The number of benzene rings is 2. The highest BCUT2D eigenvalue weighted by molar-refractivity contribution is 7.92. The lowest BCUT2D eigenvalue weighted by Gasteiger charge is -2.33. The number of anilines is 1. The first-order valence-electron chi connectivity index (χ1n) is 12.5. The molecule has 0 bridgehead atoms. The van der Waals surface area contributed by atoms with Crippen LogP contribution in [-0.2, 0) is 32.3 Å². The summed E-state index contributed by atoms with van der Waals surface area (Å²) in [5, 5.41) is 2.90. The van der Waals surface area contributed by atoms with E-state index in [2.05, 4.69) is 5.32 Å². The molecule has 1 aliphatic rings. The van der Waals surface area contributed by atoms with Crippen molar-refractivity contribution in [2.24, 2.45) is 0 Å². The average Bonchev–Trinajstić information content (AvgIpc) is 2.86. The summed E-state index contributed by atoms with van der Waals surface area (Å²) in [6, 6.07) is 6.02. The highest BCUT2D eigenvalue weighted by Crippen LogP contribution is 2.37. The maximum Gasteiger partial charge on any atom is 0.417 e. The van der Waals surface area contributed by atoms with Crippen LogP contribution >= 0.6 is 34.8 Å². The van der Waals surface area contributed by atoms with Gasteiger partial charge in [0.05, 0.1) is 22.5 Å². The third kappa shape index (κ3) is 8.41. The summed E-state index contributed by atoms with van der Waals surface area (Å²) in [4.78, 5) is 28.0. The second-order valence-corrected chi connectivity index (χ2v) is 12.9. The van der Waals surface area contributed by atoms with Gasteiger partial charge in [0.15, 0.2) is 0 Å². The van der Waals surface area contributed by atoms with Gasteiger partial charge in [-0.3, -0.25) is 13.9 Å². The van der Waals surface area contributed by atoms with Crippen LogP contribution in [0.5, 0.6) is 0 Å². The molecule has 14 heteroatoms. The topological polar surface area (TPSA) is 86.8 Å². The van der Waals surface area contributed by atoms with E-state index in [9.17, 15) is 31.2 Å². The van der Waals surface area contributed by atoms with Crippen molar-refractivity contribution < 1.29 is 31.2 Å². The highest BCUT2D eigenvalue weighted by Gasteiger charge is 2.36. The number of hydrogen-bond acceptors (Lipinski definition) is 4. The molecular weight excluding hydrogens is 614 g/mol. The number of nitrogens with one attached hydrogen (secondary N) is 1. The first-order chi connectivity index (χ1) is 18.6. The van der Waals surface area contributed by atoms with Crippen molar-refractivity contribution in [3.8, 4) is 0 Å². The summed E-state index contributed by atoms with van der Waals surface area (Å²) >= 11 is 18.0. The van der Waals surface area contributed by atoms with E-state index < -0.39 is 56.9 Å². The summed E-state index contributed by atoms with van der Waals surface area (Å²) in [7, 11) is -4.25. The molecule has 0 radical (unpaired) electrons. The Kier molecular flexibility index (Phi) is 10.6. The molecule has 1 atom stereocenters. The van der Waals surface area contributed by atoms with Crippen molar-refractivity contribution in [3.05, 3.63) is 62.6 Å². The number of hydrogen-bond donors (Lipinski definition) is 1. The Morgan fingerprint density at radius 3 is 2.25 bits per heavy atom. The number of halogens is 6. The zero-order chi connectivity index (χ0) is 29.8. The second kappa shape index (κ2) is 13.2. The lowest BCUT2D eigenvalue weighted by atomic mass is 9.95. The Hall–Kier alpha value is -2.21. The van der Waals surface area contributed by atoms with Crippen LogP contribution < -0.4 is 9.62 Å². The fourth-order valence-electron chi connectivity index (χ4n) is 4.48. The van der Waals surface area contributed by atoms with Crippen molar-refractivity contribution in [1.29, 1.82) is 0 Å². The maximum absolute atomic E-state index is 13.7. The molecule has 2 aromatic rings. The largest absolute Gasteiger partial charge is 0.417 e. The number of nitrogens with zero attached hydrogens (tertiary/aromatic N) is 2. The van der Waals surface area contributed by atoms with E-state index in [0.717, 1.165) is 55.4 Å². The zero-order valence-electron chi connectivity index (χ0n) is 21.8. The molecule has 0 unspecified atom stereocenters. The Bertz CT molecular complexity index is 1350. The van der Waals surface area contributed by atoms with Gasteiger partial charge in [-0.15, -0.1) is 0 Å². The van der Waals surface area contributed by atoms with Crippen molar-refractivity contribution in [2.75, 3.05) is 17.1 Å². The predicted molar refractivity (Wildman–Crippen MR) is 150 cm³/mol. The summed E-state index contributed by atoms with van der Waals surface area (Å²) in [5.41, 5.74) is -1.22. The van der Waals surface area contributed by atoms with Crippen LogP contribution in [0.3, 0.4) is 0 Å². The van der Waals surface area contributed by atoms with E-state index in [0.29, 0.717) is 21.0 Å². The number of alkyl halides is 3. The van der Waals surface area contributed by atoms with Crippen LogP contribution in [0.2, 0.25) is 15.1 Å². The fourth-order valence-corrected chi connectivity index (χ4v) is 6.02. The third-order valence-corrected chi connectivity index (χ3v) is 8.75. The third-order valence-electron chi connectivity index (χ3n) is 6.70. The van der Waals surface area contributed by atoms with Gasteiger partial charge >= 0.3 is 6.18 Å². The Morgan fingerprint density at radius 2 is 1.68 bits per heavy atom. The fraction of sp³-hybridized carbons (Fsp3) is 0.462. The molecule has 2 amide bonds. The molecule has 1 N–H and O–H groups in total. The van der Waals surface area contributed by atoms with Crippen molar-refractivity contribution >= 4 is 62.3 Å². The molecule has 1 aliphatic carbocycles. The molecule has 7 nitrogen and oxygen atoms in total. The zero-order valence-corrected chi connectivity index (χ0v) is 24.9. The van der Waals surface area contributed by atoms with E-state index in [1.165, 1.54) is 13.0 Å². The summed E-state index contributed by atoms with van der Waals surface area (Å²) in [6.07, 6.45) is 0.513. The minimum Gasteiger partial charge on any atom is -0.352 e. The summed E-state index contributed by atoms with van der Waals surface area (Å²) < 4.78 is 66.3. The Balaban J connectivity index is 1.96. The van der Waals surface area contributed by atoms with Gasteiger partial charge in [-0.25, -0.2) is 8.42 Å². The second-order valence-electron chi connectivity index (χ2n) is 9.71. The summed E-state index contributed by atoms with van der Waals surface area (Å²) in [5.74, 6) is -1.27. The monoisotopic (exact) mass is 641 g/mol.